The standard InChI is InChI=1S/C11H14BrNO3/c12-8-3-1-7(2-4-8)5-9(13)6-10(14)11(15)16/h1-4,9-10,14H,5-6,13H2,(H,15,16). The van der Waals surface area contributed by atoms with Crippen LogP contribution in [0.25, 0.3) is 0 Å². The van der Waals surface area contributed by atoms with Crippen LogP contribution < -0.4 is 5.73 Å². The van der Waals surface area contributed by atoms with Gasteiger partial charge in [-0.25, -0.2) is 4.79 Å². The number of benzene rings is 1. The van der Waals surface area contributed by atoms with Crippen LogP contribution in [0.1, 0.15) is 12.0 Å². The highest BCUT2D eigenvalue weighted by Gasteiger charge is 2.17. The van der Waals surface area contributed by atoms with Crippen LogP contribution in [0.5, 0.6) is 0 Å². The number of carbonyl (C=O) groups is 1. The lowest BCUT2D eigenvalue weighted by atomic mass is 10.0. The maximum Gasteiger partial charge on any atom is 0.332 e. The van der Waals surface area contributed by atoms with Crippen molar-refractivity contribution in [1.82, 2.24) is 0 Å². The van der Waals surface area contributed by atoms with E-state index in [1.807, 2.05) is 24.3 Å². The van der Waals surface area contributed by atoms with Gasteiger partial charge in [0.1, 0.15) is 0 Å². The third-order valence-corrected chi connectivity index (χ3v) is 2.75. The number of aliphatic carboxylic acids is 1. The van der Waals surface area contributed by atoms with Crippen molar-refractivity contribution in [3.05, 3.63) is 34.3 Å². The molecule has 0 radical (unpaired) electrons. The smallest absolute Gasteiger partial charge is 0.332 e. The molecule has 1 rings (SSSR count). The number of aliphatic hydroxyl groups excluding tert-OH is 1. The van der Waals surface area contributed by atoms with Gasteiger partial charge in [-0.05, 0) is 30.5 Å². The van der Waals surface area contributed by atoms with E-state index in [1.165, 1.54) is 0 Å². The predicted octanol–water partition coefficient (Wildman–Crippen LogP) is 1.15. The van der Waals surface area contributed by atoms with Gasteiger partial charge < -0.3 is 15.9 Å². The molecule has 4 N–H and O–H groups in total. The minimum atomic E-state index is -1.38. The first kappa shape index (κ1) is 13.2. The van der Waals surface area contributed by atoms with Crippen molar-refractivity contribution in [3.63, 3.8) is 0 Å². The van der Waals surface area contributed by atoms with Gasteiger partial charge in [-0.2, -0.15) is 0 Å². The third-order valence-electron chi connectivity index (χ3n) is 2.22. The zero-order chi connectivity index (χ0) is 12.1. The Bertz CT molecular complexity index is 353. The van der Waals surface area contributed by atoms with Crippen LogP contribution in [0.4, 0.5) is 0 Å². The van der Waals surface area contributed by atoms with Gasteiger partial charge in [-0.3, -0.25) is 0 Å². The zero-order valence-corrected chi connectivity index (χ0v) is 10.2. The summed E-state index contributed by atoms with van der Waals surface area (Å²) in [4.78, 5) is 10.4. The highest BCUT2D eigenvalue weighted by atomic mass is 79.9. The summed E-state index contributed by atoms with van der Waals surface area (Å²) in [5.74, 6) is -1.23. The topological polar surface area (TPSA) is 83.5 Å². The van der Waals surface area contributed by atoms with Crippen LogP contribution in [0.2, 0.25) is 0 Å². The number of aliphatic hydroxyl groups is 1. The number of rotatable bonds is 5. The summed E-state index contributed by atoms with van der Waals surface area (Å²) >= 11 is 3.32. The Morgan fingerprint density at radius 1 is 1.38 bits per heavy atom. The first-order valence-corrected chi connectivity index (χ1v) is 5.69. The molecule has 0 saturated carbocycles. The Balaban J connectivity index is 2.48. The average molecular weight is 288 g/mol. The van der Waals surface area contributed by atoms with E-state index in [0.29, 0.717) is 6.42 Å². The Kier molecular flexibility index (Phi) is 4.92. The highest BCUT2D eigenvalue weighted by molar-refractivity contribution is 9.10. The molecule has 0 amide bonds. The molecular weight excluding hydrogens is 274 g/mol. The number of halogens is 1. The largest absolute Gasteiger partial charge is 0.479 e. The van der Waals surface area contributed by atoms with E-state index in [0.717, 1.165) is 10.0 Å². The first-order valence-electron chi connectivity index (χ1n) is 4.90. The first-order chi connectivity index (χ1) is 7.49. The fourth-order valence-corrected chi connectivity index (χ4v) is 1.66. The maximum absolute atomic E-state index is 10.4. The lowest BCUT2D eigenvalue weighted by Gasteiger charge is -2.13. The van der Waals surface area contributed by atoms with Crippen LogP contribution in [-0.2, 0) is 11.2 Å². The second kappa shape index (κ2) is 5.98. The van der Waals surface area contributed by atoms with Gasteiger partial charge in [0.15, 0.2) is 6.10 Å². The van der Waals surface area contributed by atoms with Gasteiger partial charge in [0.05, 0.1) is 0 Å². The van der Waals surface area contributed by atoms with Gasteiger partial charge in [-0.1, -0.05) is 28.1 Å². The van der Waals surface area contributed by atoms with Crippen molar-refractivity contribution in [1.29, 1.82) is 0 Å². The van der Waals surface area contributed by atoms with Crippen molar-refractivity contribution >= 4 is 21.9 Å². The quantitative estimate of drug-likeness (QED) is 0.759. The van der Waals surface area contributed by atoms with Crippen molar-refractivity contribution in [2.45, 2.75) is 25.0 Å². The molecule has 0 bridgehead atoms. The molecule has 2 unspecified atom stereocenters. The van der Waals surface area contributed by atoms with Gasteiger partial charge >= 0.3 is 5.97 Å². The van der Waals surface area contributed by atoms with E-state index in [4.69, 9.17) is 15.9 Å². The molecule has 0 aliphatic rings. The molecule has 0 aromatic heterocycles. The molecule has 0 heterocycles. The SMILES string of the molecule is NC(Cc1ccc(Br)cc1)CC(O)C(=O)O. The van der Waals surface area contributed by atoms with Crippen molar-refractivity contribution < 1.29 is 15.0 Å². The van der Waals surface area contributed by atoms with E-state index in [9.17, 15) is 4.79 Å². The fraction of sp³-hybridized carbons (Fsp3) is 0.364. The molecule has 2 atom stereocenters. The normalized spacial score (nSPS) is 14.4. The monoisotopic (exact) mass is 287 g/mol. The molecule has 0 saturated heterocycles. The number of nitrogens with two attached hydrogens (primary N) is 1. The number of hydrogen-bond acceptors (Lipinski definition) is 3. The lowest BCUT2D eigenvalue weighted by molar-refractivity contribution is -0.147. The highest BCUT2D eigenvalue weighted by Crippen LogP contribution is 2.12. The molecule has 5 heteroatoms. The number of carboxylic acids is 1. The van der Waals surface area contributed by atoms with Gasteiger partial charge in [0.25, 0.3) is 0 Å². The summed E-state index contributed by atoms with van der Waals surface area (Å²) in [6, 6.07) is 7.27. The fourth-order valence-electron chi connectivity index (χ4n) is 1.39. The molecule has 0 spiro atoms. The molecule has 1 aromatic carbocycles. The summed E-state index contributed by atoms with van der Waals surface area (Å²) in [6.45, 7) is 0. The van der Waals surface area contributed by atoms with E-state index in [-0.39, 0.29) is 12.5 Å². The predicted molar refractivity (Wildman–Crippen MR) is 64.1 cm³/mol. The van der Waals surface area contributed by atoms with Crippen molar-refractivity contribution in [3.8, 4) is 0 Å². The third kappa shape index (κ3) is 4.30. The molecule has 0 fully saturated rings. The molecule has 88 valence electrons. The number of hydrogen-bond donors (Lipinski definition) is 3. The summed E-state index contributed by atoms with van der Waals surface area (Å²) in [7, 11) is 0. The summed E-state index contributed by atoms with van der Waals surface area (Å²) in [5, 5.41) is 17.7. The molecule has 0 aliphatic heterocycles. The second-order valence-electron chi connectivity index (χ2n) is 3.68. The van der Waals surface area contributed by atoms with E-state index >= 15 is 0 Å². The van der Waals surface area contributed by atoms with Crippen LogP contribution in [-0.4, -0.2) is 28.3 Å². The van der Waals surface area contributed by atoms with E-state index in [1.54, 1.807) is 0 Å². The number of carboxylic acid groups (broad SMARTS) is 1. The zero-order valence-electron chi connectivity index (χ0n) is 8.64. The van der Waals surface area contributed by atoms with Crippen LogP contribution >= 0.6 is 15.9 Å². The second-order valence-corrected chi connectivity index (χ2v) is 4.60. The minimum Gasteiger partial charge on any atom is -0.479 e. The van der Waals surface area contributed by atoms with Crippen LogP contribution in [0.3, 0.4) is 0 Å². The average Bonchev–Trinajstić information content (AvgIpc) is 2.21. The van der Waals surface area contributed by atoms with Crippen LogP contribution in [0.15, 0.2) is 28.7 Å². The maximum atomic E-state index is 10.4. The van der Waals surface area contributed by atoms with Crippen molar-refractivity contribution in [2.75, 3.05) is 0 Å². The van der Waals surface area contributed by atoms with Gasteiger partial charge in [-0.15, -0.1) is 0 Å². The van der Waals surface area contributed by atoms with Crippen molar-refractivity contribution in [2.24, 2.45) is 5.73 Å². The summed E-state index contributed by atoms with van der Waals surface area (Å²) < 4.78 is 0.982. The van der Waals surface area contributed by atoms with Crippen LogP contribution in [0, 0.1) is 0 Å². The molecular formula is C11H14BrNO3. The molecule has 0 aliphatic carbocycles. The Morgan fingerprint density at radius 3 is 2.44 bits per heavy atom. The van der Waals surface area contributed by atoms with E-state index < -0.39 is 12.1 Å². The molecule has 4 nitrogen and oxygen atoms in total. The Labute approximate surface area is 102 Å². The Morgan fingerprint density at radius 2 is 1.94 bits per heavy atom. The summed E-state index contributed by atoms with van der Waals surface area (Å²) in [5.41, 5.74) is 6.77. The van der Waals surface area contributed by atoms with Gasteiger partial charge in [0, 0.05) is 10.5 Å². The molecule has 16 heavy (non-hydrogen) atoms. The van der Waals surface area contributed by atoms with E-state index in [2.05, 4.69) is 15.9 Å². The minimum absolute atomic E-state index is 0.0609. The lowest BCUT2D eigenvalue weighted by Crippen LogP contribution is -2.32. The van der Waals surface area contributed by atoms with Gasteiger partial charge in [0.2, 0.25) is 0 Å². The Hall–Kier alpha value is -0.910. The summed E-state index contributed by atoms with van der Waals surface area (Å²) in [6.07, 6.45) is -0.770. The molecule has 1 aromatic rings.